The van der Waals surface area contributed by atoms with Crippen LogP contribution >= 0.6 is 27.5 Å². The number of aliphatic carboxylic acids is 1. The van der Waals surface area contributed by atoms with Gasteiger partial charge in [0.2, 0.25) is 15.9 Å². The van der Waals surface area contributed by atoms with Crippen molar-refractivity contribution in [2.45, 2.75) is 37.1 Å². The zero-order chi connectivity index (χ0) is 25.2. The highest BCUT2D eigenvalue weighted by Gasteiger charge is 2.28. The summed E-state index contributed by atoms with van der Waals surface area (Å²) in [7, 11) is -3.92. The largest absolute Gasteiger partial charge is 0.482 e. The molecule has 0 radical (unpaired) electrons. The van der Waals surface area contributed by atoms with E-state index in [2.05, 4.69) is 25.6 Å². The van der Waals surface area contributed by atoms with E-state index in [-0.39, 0.29) is 10.8 Å². The molecule has 1 heterocycles. The van der Waals surface area contributed by atoms with Crippen molar-refractivity contribution >= 4 is 43.5 Å². The molecule has 3 aromatic rings. The smallest absolute Gasteiger partial charge is 0.341 e. The lowest BCUT2D eigenvalue weighted by atomic mass is 9.87. The number of hydrogen-bond acceptors (Lipinski definition) is 6. The predicted octanol–water partition coefficient (Wildman–Crippen LogP) is 5.42. The van der Waals surface area contributed by atoms with Crippen LogP contribution in [0.3, 0.4) is 0 Å². The fourth-order valence-electron chi connectivity index (χ4n) is 3.93. The maximum atomic E-state index is 13.2. The van der Waals surface area contributed by atoms with Crippen LogP contribution in [-0.2, 0) is 21.2 Å². The molecule has 0 saturated carbocycles. The number of carboxylic acids is 1. The van der Waals surface area contributed by atoms with Gasteiger partial charge in [-0.2, -0.15) is 0 Å². The molecule has 2 aromatic carbocycles. The van der Waals surface area contributed by atoms with Gasteiger partial charge in [-0.1, -0.05) is 23.7 Å². The van der Waals surface area contributed by atoms with Crippen LogP contribution in [0.4, 0.5) is 0 Å². The normalized spacial score (nSPS) is 15.3. The Morgan fingerprint density at radius 1 is 1.26 bits per heavy atom. The number of carbonyl (C=O) groups is 1. The Labute approximate surface area is 216 Å². The number of pyridine rings is 1. The van der Waals surface area contributed by atoms with Crippen molar-refractivity contribution in [2.75, 3.05) is 6.61 Å². The molecule has 0 amide bonds. The summed E-state index contributed by atoms with van der Waals surface area (Å²) in [5.41, 5.74) is 2.40. The summed E-state index contributed by atoms with van der Waals surface area (Å²) in [6.07, 6.45) is 3.24. The highest BCUT2D eigenvalue weighted by molar-refractivity contribution is 9.10. The van der Waals surface area contributed by atoms with E-state index in [1.165, 1.54) is 12.3 Å². The molecule has 184 valence electrons. The van der Waals surface area contributed by atoms with Gasteiger partial charge >= 0.3 is 5.97 Å². The van der Waals surface area contributed by atoms with E-state index < -0.39 is 28.6 Å². The average molecular weight is 582 g/mol. The van der Waals surface area contributed by atoms with Crippen molar-refractivity contribution in [3.8, 4) is 17.4 Å². The van der Waals surface area contributed by atoms with E-state index in [1.54, 1.807) is 30.3 Å². The van der Waals surface area contributed by atoms with Gasteiger partial charge in [-0.25, -0.2) is 22.9 Å². The molecule has 1 aromatic heterocycles. The van der Waals surface area contributed by atoms with Crippen molar-refractivity contribution in [3.05, 3.63) is 74.8 Å². The van der Waals surface area contributed by atoms with Crippen LogP contribution in [0.25, 0.3) is 0 Å². The minimum atomic E-state index is -3.92. The maximum Gasteiger partial charge on any atom is 0.341 e. The maximum absolute atomic E-state index is 13.2. The number of halogens is 2. The van der Waals surface area contributed by atoms with E-state index in [1.807, 2.05) is 13.0 Å². The molecule has 11 heteroatoms. The summed E-state index contributed by atoms with van der Waals surface area (Å²) in [4.78, 5) is 15.1. The fourth-order valence-corrected chi connectivity index (χ4v) is 5.96. The molecule has 1 unspecified atom stereocenters. The third-order valence-corrected chi connectivity index (χ3v) is 7.79. The van der Waals surface area contributed by atoms with Crippen LogP contribution in [0.2, 0.25) is 5.02 Å². The topological polar surface area (TPSA) is 115 Å². The lowest BCUT2D eigenvalue weighted by molar-refractivity contribution is -0.139. The van der Waals surface area contributed by atoms with E-state index in [0.717, 1.165) is 23.1 Å². The molecular weight excluding hydrogens is 560 g/mol. The van der Waals surface area contributed by atoms with E-state index in [4.69, 9.17) is 26.2 Å². The Bertz CT molecular complexity index is 1380. The minimum absolute atomic E-state index is 0.0186. The number of benzene rings is 2. The molecular formula is C24H22BrClN2O6S. The third kappa shape index (κ3) is 5.95. The van der Waals surface area contributed by atoms with Crippen LogP contribution < -0.4 is 14.2 Å². The van der Waals surface area contributed by atoms with Gasteiger partial charge in [-0.05, 0) is 89.1 Å². The van der Waals surface area contributed by atoms with Crippen LogP contribution in [0.5, 0.6) is 17.4 Å². The van der Waals surface area contributed by atoms with Crippen molar-refractivity contribution in [1.82, 2.24) is 9.71 Å². The summed E-state index contributed by atoms with van der Waals surface area (Å²) < 4.78 is 40.7. The zero-order valence-corrected chi connectivity index (χ0v) is 21.8. The van der Waals surface area contributed by atoms with Gasteiger partial charge in [0.05, 0.1) is 10.7 Å². The quantitative estimate of drug-likeness (QED) is 0.365. The molecule has 1 aliphatic rings. The summed E-state index contributed by atoms with van der Waals surface area (Å²) in [6.45, 7) is 1.38. The van der Waals surface area contributed by atoms with Crippen molar-refractivity contribution in [3.63, 3.8) is 0 Å². The Balaban J connectivity index is 1.55. The van der Waals surface area contributed by atoms with Gasteiger partial charge in [0.25, 0.3) is 0 Å². The highest BCUT2D eigenvalue weighted by atomic mass is 79.9. The number of nitrogens with zero attached hydrogens (tertiary/aromatic N) is 1. The summed E-state index contributed by atoms with van der Waals surface area (Å²) in [5, 5.41) is 9.50. The number of hydrogen-bond donors (Lipinski definition) is 2. The molecule has 1 atom stereocenters. The fraction of sp³-hybridized carbons (Fsp3) is 0.250. The number of aromatic nitrogens is 1. The molecule has 0 fully saturated rings. The van der Waals surface area contributed by atoms with Gasteiger partial charge in [0.15, 0.2) is 6.61 Å². The summed E-state index contributed by atoms with van der Waals surface area (Å²) in [5.74, 6) is 0.151. The summed E-state index contributed by atoms with van der Waals surface area (Å²) in [6, 6.07) is 11.4. The van der Waals surface area contributed by atoms with Gasteiger partial charge in [0.1, 0.15) is 16.4 Å². The van der Waals surface area contributed by atoms with E-state index in [0.29, 0.717) is 33.8 Å². The molecule has 1 aliphatic carbocycles. The predicted molar refractivity (Wildman–Crippen MR) is 134 cm³/mol. The summed E-state index contributed by atoms with van der Waals surface area (Å²) >= 11 is 9.34. The monoisotopic (exact) mass is 580 g/mol. The lowest BCUT2D eigenvalue weighted by Crippen LogP contribution is -2.31. The molecule has 2 N–H and O–H groups in total. The second-order valence-electron chi connectivity index (χ2n) is 8.04. The molecule has 4 rings (SSSR count). The number of ether oxygens (including phenoxy) is 2. The number of carboxylic acid groups (broad SMARTS) is 1. The van der Waals surface area contributed by atoms with Gasteiger partial charge in [-0.15, -0.1) is 0 Å². The number of nitrogens with one attached hydrogen (secondary N) is 1. The molecule has 0 spiro atoms. The lowest BCUT2D eigenvalue weighted by Gasteiger charge is -2.27. The highest BCUT2D eigenvalue weighted by Crippen LogP contribution is 2.37. The Hall–Kier alpha value is -2.66. The van der Waals surface area contributed by atoms with Crippen molar-refractivity contribution < 1.29 is 27.8 Å². The molecule has 0 saturated heterocycles. The molecule has 35 heavy (non-hydrogen) atoms. The minimum Gasteiger partial charge on any atom is -0.482 e. The third-order valence-electron chi connectivity index (χ3n) is 5.55. The number of aryl methyl sites for hydroxylation is 1. The first-order valence-corrected chi connectivity index (χ1v) is 13.4. The first-order valence-electron chi connectivity index (χ1n) is 10.7. The zero-order valence-electron chi connectivity index (χ0n) is 18.6. The molecule has 0 aliphatic heterocycles. The van der Waals surface area contributed by atoms with E-state index >= 15 is 0 Å². The Morgan fingerprint density at radius 2 is 2.06 bits per heavy atom. The first-order chi connectivity index (χ1) is 16.6. The molecule has 0 bridgehead atoms. The number of sulfonamides is 1. The number of fused-ring (bicyclic) bond motifs is 1. The second kappa shape index (κ2) is 10.5. The van der Waals surface area contributed by atoms with Gasteiger partial charge in [0, 0.05) is 11.1 Å². The molecule has 8 nitrogen and oxygen atoms in total. The second-order valence-corrected chi connectivity index (χ2v) is 11.0. The SMILES string of the molecule is Cc1cc(Cl)ccc1Oc1ncc(S(=O)(=O)NC2CCCc3c(OCC(=O)O)cccc32)cc1Br. The number of rotatable bonds is 8. The van der Waals surface area contributed by atoms with Crippen LogP contribution in [0.1, 0.15) is 35.6 Å². The standard InChI is InChI=1S/C24H22BrClN2O6S/c1-14-10-15(26)8-9-21(14)34-24-19(25)11-16(12-27-24)35(31,32)28-20-6-2-5-18-17(20)4-3-7-22(18)33-13-23(29)30/h3-4,7-12,20,28H,2,5-6,13H2,1H3,(H,29,30). The van der Waals surface area contributed by atoms with Gasteiger partial charge in [-0.3, -0.25) is 0 Å². The van der Waals surface area contributed by atoms with Crippen LogP contribution in [0, 0.1) is 6.92 Å². The van der Waals surface area contributed by atoms with Crippen molar-refractivity contribution in [1.29, 1.82) is 0 Å². The first kappa shape index (κ1) is 25.4. The van der Waals surface area contributed by atoms with Crippen molar-refractivity contribution in [2.24, 2.45) is 0 Å². The van der Waals surface area contributed by atoms with Gasteiger partial charge < -0.3 is 14.6 Å². The van der Waals surface area contributed by atoms with Crippen LogP contribution in [-0.4, -0.2) is 31.1 Å². The van der Waals surface area contributed by atoms with Crippen LogP contribution in [0.15, 0.2) is 58.0 Å². The Kier molecular flexibility index (Phi) is 7.65. The Morgan fingerprint density at radius 3 is 2.77 bits per heavy atom. The van der Waals surface area contributed by atoms with E-state index in [9.17, 15) is 13.2 Å². The average Bonchev–Trinajstić information content (AvgIpc) is 2.80.